The Morgan fingerprint density at radius 1 is 0.767 bits per heavy atom. The van der Waals surface area contributed by atoms with Crippen LogP contribution in [0, 0.1) is 0 Å². The van der Waals surface area contributed by atoms with Gasteiger partial charge >= 0.3 is 6.03 Å². The lowest BCUT2D eigenvalue weighted by Crippen LogP contribution is -2.54. The standard InChI is InChI=1S/C32H23Br3N2O6/c1-41-28-16-21(15-27(35)29(28)43-18-20-4-8-23(34)9-5-20)14-26-30(38)36-32(40)37(31(26)39)24-10-12-25(13-11-24)42-17-19-2-6-22(33)7-3-19/h2-16H,17-18H2,1H3,(H,36,38,40)/b26-14+. The molecule has 1 aliphatic rings. The third-order valence-corrected chi connectivity index (χ3v) is 8.02. The van der Waals surface area contributed by atoms with Gasteiger partial charge in [-0.25, -0.2) is 9.69 Å². The minimum Gasteiger partial charge on any atom is -0.493 e. The number of methoxy groups -OCH3 is 1. The van der Waals surface area contributed by atoms with Crippen molar-refractivity contribution in [2.24, 2.45) is 0 Å². The largest absolute Gasteiger partial charge is 0.493 e. The van der Waals surface area contributed by atoms with Crippen LogP contribution in [0.3, 0.4) is 0 Å². The monoisotopic (exact) mass is 768 g/mol. The van der Waals surface area contributed by atoms with E-state index in [0.29, 0.717) is 40.5 Å². The molecule has 0 atom stereocenters. The second kappa shape index (κ2) is 13.6. The van der Waals surface area contributed by atoms with Crippen LogP contribution in [0.15, 0.2) is 104 Å². The van der Waals surface area contributed by atoms with E-state index in [0.717, 1.165) is 25.0 Å². The molecule has 0 unspecified atom stereocenters. The van der Waals surface area contributed by atoms with E-state index in [1.165, 1.54) is 13.2 Å². The molecule has 218 valence electrons. The van der Waals surface area contributed by atoms with Gasteiger partial charge in [0.2, 0.25) is 0 Å². The van der Waals surface area contributed by atoms with Crippen LogP contribution >= 0.6 is 47.8 Å². The first-order valence-corrected chi connectivity index (χ1v) is 15.2. The number of hydrogen-bond donors (Lipinski definition) is 1. The molecular weight excluding hydrogens is 748 g/mol. The van der Waals surface area contributed by atoms with Gasteiger partial charge in [-0.3, -0.25) is 14.9 Å². The molecule has 1 N–H and O–H groups in total. The fourth-order valence-corrected chi connectivity index (χ4v) is 5.30. The first kappa shape index (κ1) is 30.5. The summed E-state index contributed by atoms with van der Waals surface area (Å²) in [6, 6.07) is 24.5. The molecule has 4 amide bonds. The highest BCUT2D eigenvalue weighted by molar-refractivity contribution is 9.11. The van der Waals surface area contributed by atoms with Crippen LogP contribution in [0.2, 0.25) is 0 Å². The quantitative estimate of drug-likeness (QED) is 0.138. The number of urea groups is 1. The highest BCUT2D eigenvalue weighted by atomic mass is 79.9. The fourth-order valence-electron chi connectivity index (χ4n) is 4.20. The Bertz CT molecular complexity index is 1710. The van der Waals surface area contributed by atoms with Crippen LogP contribution in [0.1, 0.15) is 16.7 Å². The molecule has 1 fully saturated rings. The number of anilines is 1. The Hall–Kier alpha value is -3.93. The van der Waals surface area contributed by atoms with Crippen molar-refractivity contribution in [2.45, 2.75) is 13.2 Å². The second-order valence-electron chi connectivity index (χ2n) is 9.32. The number of imide groups is 2. The maximum absolute atomic E-state index is 13.4. The van der Waals surface area contributed by atoms with Crippen LogP contribution < -0.4 is 24.4 Å². The predicted octanol–water partition coefficient (Wildman–Crippen LogP) is 7.81. The normalized spacial score (nSPS) is 14.1. The molecule has 4 aromatic rings. The Labute approximate surface area is 273 Å². The lowest BCUT2D eigenvalue weighted by molar-refractivity contribution is -0.122. The Morgan fingerprint density at radius 3 is 1.93 bits per heavy atom. The summed E-state index contributed by atoms with van der Waals surface area (Å²) >= 11 is 10.3. The van der Waals surface area contributed by atoms with Crippen molar-refractivity contribution in [3.8, 4) is 17.2 Å². The number of amides is 4. The number of hydrogen-bond acceptors (Lipinski definition) is 6. The molecule has 0 saturated carbocycles. The third-order valence-electron chi connectivity index (χ3n) is 6.37. The van der Waals surface area contributed by atoms with Crippen molar-refractivity contribution < 1.29 is 28.6 Å². The number of ether oxygens (including phenoxy) is 3. The summed E-state index contributed by atoms with van der Waals surface area (Å²) in [5.41, 5.74) is 2.50. The van der Waals surface area contributed by atoms with E-state index in [-0.39, 0.29) is 11.3 Å². The molecule has 1 heterocycles. The van der Waals surface area contributed by atoms with E-state index in [1.807, 2.05) is 48.5 Å². The Morgan fingerprint density at radius 2 is 1.35 bits per heavy atom. The van der Waals surface area contributed by atoms with Gasteiger partial charge in [0.05, 0.1) is 17.3 Å². The van der Waals surface area contributed by atoms with Crippen LogP contribution in [0.25, 0.3) is 6.08 Å². The van der Waals surface area contributed by atoms with E-state index in [9.17, 15) is 14.4 Å². The first-order chi connectivity index (χ1) is 20.7. The molecule has 0 bridgehead atoms. The van der Waals surface area contributed by atoms with Crippen molar-refractivity contribution in [1.29, 1.82) is 0 Å². The fraction of sp³-hybridized carbons (Fsp3) is 0.0938. The number of rotatable bonds is 9. The number of nitrogens with one attached hydrogen (secondary N) is 1. The van der Waals surface area contributed by atoms with Gasteiger partial charge in [0.1, 0.15) is 24.5 Å². The van der Waals surface area contributed by atoms with Gasteiger partial charge in [-0.2, -0.15) is 0 Å². The number of carbonyl (C=O) groups is 3. The molecule has 5 rings (SSSR count). The Kier molecular flexibility index (Phi) is 9.64. The number of nitrogens with zero attached hydrogens (tertiary/aromatic N) is 1. The van der Waals surface area contributed by atoms with Crippen LogP contribution in [-0.4, -0.2) is 25.0 Å². The summed E-state index contributed by atoms with van der Waals surface area (Å²) in [7, 11) is 1.50. The number of benzene rings is 4. The molecule has 1 aliphatic heterocycles. The van der Waals surface area contributed by atoms with Crippen LogP contribution in [0.5, 0.6) is 17.2 Å². The molecule has 0 radical (unpaired) electrons. The summed E-state index contributed by atoms with van der Waals surface area (Å²) < 4.78 is 19.9. The topological polar surface area (TPSA) is 94.2 Å². The van der Waals surface area contributed by atoms with E-state index in [1.54, 1.807) is 36.4 Å². The van der Waals surface area contributed by atoms with Gasteiger partial charge in [-0.05, 0) is 99.4 Å². The lowest BCUT2D eigenvalue weighted by atomic mass is 10.1. The summed E-state index contributed by atoms with van der Waals surface area (Å²) in [5.74, 6) is -0.142. The SMILES string of the molecule is COc1cc(/C=C2\C(=O)NC(=O)N(c3ccc(OCc4ccc(Br)cc4)cc3)C2=O)cc(Br)c1OCc1ccc(Br)cc1. The zero-order valence-corrected chi connectivity index (χ0v) is 27.4. The molecule has 0 aliphatic carbocycles. The summed E-state index contributed by atoms with van der Waals surface area (Å²) in [4.78, 5) is 39.8. The lowest BCUT2D eigenvalue weighted by Gasteiger charge is -2.26. The van der Waals surface area contributed by atoms with E-state index < -0.39 is 17.8 Å². The van der Waals surface area contributed by atoms with Gasteiger partial charge in [0, 0.05) is 8.95 Å². The molecular formula is C32H23Br3N2O6. The minimum atomic E-state index is -0.842. The minimum absolute atomic E-state index is 0.215. The Balaban J connectivity index is 1.33. The molecule has 0 aromatic heterocycles. The average Bonchev–Trinajstić information content (AvgIpc) is 2.99. The molecule has 11 heteroatoms. The van der Waals surface area contributed by atoms with E-state index in [2.05, 4.69) is 53.1 Å². The smallest absolute Gasteiger partial charge is 0.335 e. The zero-order chi connectivity index (χ0) is 30.5. The number of halogens is 3. The summed E-state index contributed by atoms with van der Waals surface area (Å²) in [5, 5.41) is 2.24. The maximum atomic E-state index is 13.4. The van der Waals surface area contributed by atoms with Crippen molar-refractivity contribution in [2.75, 3.05) is 12.0 Å². The molecule has 0 spiro atoms. The van der Waals surface area contributed by atoms with Crippen molar-refractivity contribution in [3.63, 3.8) is 0 Å². The number of carbonyl (C=O) groups excluding carboxylic acids is 3. The predicted molar refractivity (Wildman–Crippen MR) is 173 cm³/mol. The molecule has 8 nitrogen and oxygen atoms in total. The molecule has 1 saturated heterocycles. The third kappa shape index (κ3) is 7.35. The summed E-state index contributed by atoms with van der Waals surface area (Å²) in [6.07, 6.45) is 1.40. The van der Waals surface area contributed by atoms with Gasteiger partial charge in [0.15, 0.2) is 11.5 Å². The van der Waals surface area contributed by atoms with Gasteiger partial charge < -0.3 is 14.2 Å². The van der Waals surface area contributed by atoms with Crippen molar-refractivity contribution in [3.05, 3.63) is 121 Å². The van der Waals surface area contributed by atoms with Gasteiger partial charge in [-0.15, -0.1) is 0 Å². The van der Waals surface area contributed by atoms with Crippen molar-refractivity contribution in [1.82, 2.24) is 5.32 Å². The second-order valence-corrected chi connectivity index (χ2v) is 12.0. The zero-order valence-electron chi connectivity index (χ0n) is 22.6. The van der Waals surface area contributed by atoms with Crippen LogP contribution in [-0.2, 0) is 22.8 Å². The average molecular weight is 771 g/mol. The maximum Gasteiger partial charge on any atom is 0.335 e. The van der Waals surface area contributed by atoms with Crippen molar-refractivity contribution >= 4 is 77.4 Å². The van der Waals surface area contributed by atoms with E-state index in [4.69, 9.17) is 14.2 Å². The van der Waals surface area contributed by atoms with E-state index >= 15 is 0 Å². The van der Waals surface area contributed by atoms with Gasteiger partial charge in [0.25, 0.3) is 11.8 Å². The number of barbiturate groups is 1. The van der Waals surface area contributed by atoms with Crippen LogP contribution in [0.4, 0.5) is 10.5 Å². The summed E-state index contributed by atoms with van der Waals surface area (Å²) in [6.45, 7) is 0.652. The first-order valence-electron chi connectivity index (χ1n) is 12.9. The van der Waals surface area contributed by atoms with Gasteiger partial charge in [-0.1, -0.05) is 56.1 Å². The highest BCUT2D eigenvalue weighted by Gasteiger charge is 2.37. The molecule has 43 heavy (non-hydrogen) atoms. The highest BCUT2D eigenvalue weighted by Crippen LogP contribution is 2.38. The molecule has 4 aromatic carbocycles.